The molecular weight excluding hydrogens is 240 g/mol. The Morgan fingerprint density at radius 2 is 1.62 bits per heavy atom. The molecule has 16 heavy (non-hydrogen) atoms. The van der Waals surface area contributed by atoms with Crippen molar-refractivity contribution in [1.29, 1.82) is 0 Å². The minimum absolute atomic E-state index is 0.222. The standard InChI is InChI=1S/C11H18O3SSi/c1-10(16(2,3)4)14-15(12,13)11-8-6-5-7-9-11/h5-10H,1-4H3. The predicted octanol–water partition coefficient (Wildman–Crippen LogP) is 2.66. The maximum Gasteiger partial charge on any atom is 0.296 e. The molecule has 0 amide bonds. The molecule has 0 saturated carbocycles. The minimum Gasteiger partial charge on any atom is -0.267 e. The van der Waals surface area contributed by atoms with Gasteiger partial charge in [-0.05, 0) is 19.1 Å². The molecule has 1 rings (SSSR count). The monoisotopic (exact) mass is 258 g/mol. The molecule has 0 bridgehead atoms. The van der Waals surface area contributed by atoms with Crippen molar-refractivity contribution < 1.29 is 12.6 Å². The molecule has 90 valence electrons. The van der Waals surface area contributed by atoms with E-state index >= 15 is 0 Å². The average molecular weight is 258 g/mol. The zero-order chi connectivity index (χ0) is 12.4. The van der Waals surface area contributed by atoms with Crippen LogP contribution in [0.2, 0.25) is 19.6 Å². The molecule has 3 nitrogen and oxygen atoms in total. The van der Waals surface area contributed by atoms with E-state index in [1.807, 2.05) is 6.92 Å². The van der Waals surface area contributed by atoms with Crippen LogP contribution in [0, 0.1) is 0 Å². The fourth-order valence-electron chi connectivity index (χ4n) is 0.977. The van der Waals surface area contributed by atoms with Gasteiger partial charge >= 0.3 is 0 Å². The quantitative estimate of drug-likeness (QED) is 0.616. The molecule has 1 aromatic rings. The maximum atomic E-state index is 11.9. The Hall–Kier alpha value is -0.653. The number of benzene rings is 1. The zero-order valence-electron chi connectivity index (χ0n) is 10.1. The Labute approximate surface area is 98.6 Å². The van der Waals surface area contributed by atoms with Crippen LogP contribution in [-0.4, -0.2) is 22.2 Å². The summed E-state index contributed by atoms with van der Waals surface area (Å²) < 4.78 is 29.0. The Morgan fingerprint density at radius 3 is 2.06 bits per heavy atom. The first-order valence-corrected chi connectivity index (χ1v) is 10.2. The highest BCUT2D eigenvalue weighted by Gasteiger charge is 2.29. The summed E-state index contributed by atoms with van der Waals surface area (Å²) in [6, 6.07) is 8.25. The Bertz CT molecular complexity index is 434. The highest BCUT2D eigenvalue weighted by Crippen LogP contribution is 2.18. The Kier molecular flexibility index (Phi) is 3.93. The molecule has 5 heteroatoms. The van der Waals surface area contributed by atoms with E-state index in [4.69, 9.17) is 4.18 Å². The highest BCUT2D eigenvalue weighted by atomic mass is 32.2. The van der Waals surface area contributed by atoms with Crippen molar-refractivity contribution in [3.8, 4) is 0 Å². The third-order valence-electron chi connectivity index (χ3n) is 2.52. The van der Waals surface area contributed by atoms with Crippen molar-refractivity contribution in [2.24, 2.45) is 0 Å². The van der Waals surface area contributed by atoms with E-state index in [0.29, 0.717) is 0 Å². The molecule has 0 fully saturated rings. The van der Waals surface area contributed by atoms with Gasteiger partial charge in [0.15, 0.2) is 0 Å². The lowest BCUT2D eigenvalue weighted by Gasteiger charge is -2.24. The minimum atomic E-state index is -3.61. The van der Waals surface area contributed by atoms with E-state index in [-0.39, 0.29) is 10.6 Å². The average Bonchev–Trinajstić information content (AvgIpc) is 2.17. The first-order chi connectivity index (χ1) is 7.23. The van der Waals surface area contributed by atoms with Crippen molar-refractivity contribution >= 4 is 18.2 Å². The summed E-state index contributed by atoms with van der Waals surface area (Å²) in [6.07, 6.45) is 0. The van der Waals surface area contributed by atoms with Crippen molar-refractivity contribution in [3.63, 3.8) is 0 Å². The van der Waals surface area contributed by atoms with Crippen LogP contribution in [0.4, 0.5) is 0 Å². The fourth-order valence-corrected chi connectivity index (χ4v) is 3.49. The molecule has 0 aliphatic carbocycles. The van der Waals surface area contributed by atoms with Gasteiger partial charge in [-0.1, -0.05) is 37.8 Å². The van der Waals surface area contributed by atoms with Crippen LogP contribution < -0.4 is 0 Å². The molecule has 0 N–H and O–H groups in total. The predicted molar refractivity (Wildman–Crippen MR) is 67.5 cm³/mol. The van der Waals surface area contributed by atoms with E-state index in [1.165, 1.54) is 0 Å². The molecule has 0 aliphatic heterocycles. The summed E-state index contributed by atoms with van der Waals surface area (Å²) >= 11 is 0. The molecular formula is C11H18O3SSi. The van der Waals surface area contributed by atoms with Gasteiger partial charge < -0.3 is 0 Å². The van der Waals surface area contributed by atoms with E-state index in [9.17, 15) is 8.42 Å². The maximum absolute atomic E-state index is 11.9. The molecule has 0 heterocycles. The zero-order valence-corrected chi connectivity index (χ0v) is 11.9. The topological polar surface area (TPSA) is 43.4 Å². The second kappa shape index (κ2) is 4.69. The lowest BCUT2D eigenvalue weighted by molar-refractivity contribution is 0.292. The van der Waals surface area contributed by atoms with Crippen molar-refractivity contribution in [3.05, 3.63) is 30.3 Å². The van der Waals surface area contributed by atoms with Gasteiger partial charge in [-0.15, -0.1) is 0 Å². The smallest absolute Gasteiger partial charge is 0.267 e. The van der Waals surface area contributed by atoms with Crippen LogP contribution >= 0.6 is 0 Å². The lowest BCUT2D eigenvalue weighted by Crippen LogP contribution is -2.39. The van der Waals surface area contributed by atoms with Gasteiger partial charge in [0.1, 0.15) is 0 Å². The first-order valence-electron chi connectivity index (χ1n) is 5.22. The van der Waals surface area contributed by atoms with Crippen LogP contribution in [0.5, 0.6) is 0 Å². The van der Waals surface area contributed by atoms with E-state index in [2.05, 4.69) is 19.6 Å². The molecule has 0 aromatic heterocycles. The van der Waals surface area contributed by atoms with Crippen molar-refractivity contribution in [1.82, 2.24) is 0 Å². The molecule has 0 radical (unpaired) electrons. The van der Waals surface area contributed by atoms with Gasteiger partial charge in [0, 0.05) is 0 Å². The van der Waals surface area contributed by atoms with Crippen LogP contribution in [-0.2, 0) is 14.3 Å². The molecule has 0 spiro atoms. The highest BCUT2D eigenvalue weighted by molar-refractivity contribution is 7.86. The molecule has 1 atom stereocenters. The van der Waals surface area contributed by atoms with Gasteiger partial charge in [-0.3, -0.25) is 4.18 Å². The molecule has 1 aromatic carbocycles. The fraction of sp³-hybridized carbons (Fsp3) is 0.455. The third-order valence-corrected chi connectivity index (χ3v) is 6.64. The Morgan fingerprint density at radius 1 is 1.12 bits per heavy atom. The summed E-state index contributed by atoms with van der Waals surface area (Å²) in [5.74, 6) is 0. The summed E-state index contributed by atoms with van der Waals surface area (Å²) in [6.45, 7) is 8.07. The Balaban J connectivity index is 2.90. The summed E-state index contributed by atoms with van der Waals surface area (Å²) in [7, 11) is -5.21. The number of rotatable bonds is 4. The number of hydrogen-bond acceptors (Lipinski definition) is 3. The van der Waals surface area contributed by atoms with Gasteiger partial charge in [0.05, 0.1) is 18.7 Å². The van der Waals surface area contributed by atoms with Crippen LogP contribution in [0.3, 0.4) is 0 Å². The SMILES string of the molecule is CC(OS(=O)(=O)c1ccccc1)[Si](C)(C)C. The van der Waals surface area contributed by atoms with E-state index in [1.54, 1.807) is 30.3 Å². The van der Waals surface area contributed by atoms with Crippen molar-refractivity contribution in [2.45, 2.75) is 37.2 Å². The second-order valence-electron chi connectivity index (χ2n) is 4.87. The molecule has 1 unspecified atom stereocenters. The normalized spacial score (nSPS) is 14.8. The summed E-state index contributed by atoms with van der Waals surface area (Å²) in [4.78, 5) is 0.222. The van der Waals surface area contributed by atoms with Crippen LogP contribution in [0.25, 0.3) is 0 Å². The van der Waals surface area contributed by atoms with Crippen LogP contribution in [0.1, 0.15) is 6.92 Å². The first kappa shape index (κ1) is 13.4. The second-order valence-corrected chi connectivity index (χ2v) is 12.0. The van der Waals surface area contributed by atoms with E-state index in [0.717, 1.165) is 0 Å². The van der Waals surface area contributed by atoms with Gasteiger partial charge in [-0.25, -0.2) is 0 Å². The third kappa shape index (κ3) is 3.43. The number of hydrogen-bond donors (Lipinski definition) is 0. The van der Waals surface area contributed by atoms with Crippen LogP contribution in [0.15, 0.2) is 35.2 Å². The lowest BCUT2D eigenvalue weighted by atomic mass is 10.4. The van der Waals surface area contributed by atoms with Gasteiger partial charge in [-0.2, -0.15) is 8.42 Å². The van der Waals surface area contributed by atoms with Crippen molar-refractivity contribution in [2.75, 3.05) is 0 Å². The summed E-state index contributed by atoms with van der Waals surface area (Å²) in [5, 5.41) is 0. The van der Waals surface area contributed by atoms with E-state index < -0.39 is 18.2 Å². The van der Waals surface area contributed by atoms with Gasteiger partial charge in [0.2, 0.25) is 0 Å². The molecule has 0 aliphatic rings. The summed E-state index contributed by atoms with van der Waals surface area (Å²) in [5.41, 5.74) is -0.224. The van der Waals surface area contributed by atoms with Gasteiger partial charge in [0.25, 0.3) is 10.1 Å². The molecule has 0 saturated heterocycles. The largest absolute Gasteiger partial charge is 0.296 e.